The average Bonchev–Trinajstić information content (AvgIpc) is 2.05. The van der Waals surface area contributed by atoms with Crippen molar-refractivity contribution in [1.82, 2.24) is 5.32 Å². The highest BCUT2D eigenvalue weighted by Crippen LogP contribution is 1.96. The van der Waals surface area contributed by atoms with Gasteiger partial charge in [-0.25, -0.2) is 4.21 Å². The molecule has 4 heteroatoms. The molecule has 0 spiro atoms. The molecular formula is C8H11NO2S. The molecule has 2 N–H and O–H groups in total. The van der Waals surface area contributed by atoms with E-state index in [-0.39, 0.29) is 5.88 Å². The van der Waals surface area contributed by atoms with Crippen molar-refractivity contribution >= 4 is 11.1 Å². The highest BCUT2D eigenvalue weighted by Gasteiger charge is 1.92. The number of hydrogen-bond donors (Lipinski definition) is 2. The Labute approximate surface area is 74.1 Å². The Morgan fingerprint density at radius 3 is 2.58 bits per heavy atom. The lowest BCUT2D eigenvalue weighted by atomic mass is 10.2. The summed E-state index contributed by atoms with van der Waals surface area (Å²) in [5.74, 6) is 0.120. The van der Waals surface area contributed by atoms with Crippen LogP contribution in [0.1, 0.15) is 5.56 Å². The molecule has 0 aromatic heterocycles. The van der Waals surface area contributed by atoms with Crippen molar-refractivity contribution in [1.29, 1.82) is 0 Å². The predicted octanol–water partition coefficient (Wildman–Crippen LogP) is 0.955. The second-order valence-corrected chi connectivity index (χ2v) is 3.31. The van der Waals surface area contributed by atoms with Crippen molar-refractivity contribution < 1.29 is 8.76 Å². The molecule has 1 atom stereocenters. The molecule has 0 saturated carbocycles. The normalized spacial score (nSPS) is 12.8. The SMILES string of the molecule is O=S(O)CNCc1ccccc1. The lowest BCUT2D eigenvalue weighted by molar-refractivity contribution is 0.555. The van der Waals surface area contributed by atoms with Crippen molar-refractivity contribution in [3.8, 4) is 0 Å². The first-order valence-electron chi connectivity index (χ1n) is 3.61. The molecule has 1 unspecified atom stereocenters. The third kappa shape index (κ3) is 3.61. The molecule has 0 aliphatic carbocycles. The van der Waals surface area contributed by atoms with Crippen molar-refractivity contribution in [2.75, 3.05) is 5.88 Å². The van der Waals surface area contributed by atoms with Crippen molar-refractivity contribution in [3.63, 3.8) is 0 Å². The van der Waals surface area contributed by atoms with Crippen LogP contribution in [0.25, 0.3) is 0 Å². The molecule has 0 heterocycles. The molecule has 0 bridgehead atoms. The number of benzene rings is 1. The van der Waals surface area contributed by atoms with Crippen LogP contribution in [0.2, 0.25) is 0 Å². The summed E-state index contributed by atoms with van der Waals surface area (Å²) in [7, 11) is 0. The molecule has 0 fully saturated rings. The smallest absolute Gasteiger partial charge is 0.167 e. The zero-order chi connectivity index (χ0) is 8.81. The largest absolute Gasteiger partial charge is 0.305 e. The van der Waals surface area contributed by atoms with Gasteiger partial charge in [0, 0.05) is 6.54 Å². The zero-order valence-corrected chi connectivity index (χ0v) is 7.38. The topological polar surface area (TPSA) is 49.3 Å². The van der Waals surface area contributed by atoms with Crippen LogP contribution >= 0.6 is 0 Å². The van der Waals surface area contributed by atoms with Crippen molar-refractivity contribution in [2.24, 2.45) is 0 Å². The molecule has 1 aromatic carbocycles. The van der Waals surface area contributed by atoms with E-state index in [9.17, 15) is 4.21 Å². The molecule has 0 saturated heterocycles. The fraction of sp³-hybridized carbons (Fsp3) is 0.250. The lowest BCUT2D eigenvalue weighted by Crippen LogP contribution is -2.17. The Kier molecular flexibility index (Phi) is 3.93. The van der Waals surface area contributed by atoms with Crippen LogP contribution in [-0.4, -0.2) is 14.6 Å². The minimum atomic E-state index is -1.75. The first-order valence-corrected chi connectivity index (χ1v) is 4.89. The van der Waals surface area contributed by atoms with E-state index < -0.39 is 11.1 Å². The van der Waals surface area contributed by atoms with Gasteiger partial charge in [-0.1, -0.05) is 30.3 Å². The highest BCUT2D eigenvalue weighted by molar-refractivity contribution is 7.79. The summed E-state index contributed by atoms with van der Waals surface area (Å²) < 4.78 is 18.7. The van der Waals surface area contributed by atoms with Crippen molar-refractivity contribution in [2.45, 2.75) is 6.54 Å². The van der Waals surface area contributed by atoms with Crippen LogP contribution in [0.4, 0.5) is 0 Å². The number of nitrogens with one attached hydrogen (secondary N) is 1. The Balaban J connectivity index is 2.29. The Hall–Kier alpha value is -0.710. The Bertz CT molecular complexity index is 250. The van der Waals surface area contributed by atoms with Gasteiger partial charge >= 0.3 is 0 Å². The van der Waals surface area contributed by atoms with Crippen LogP contribution < -0.4 is 5.32 Å². The zero-order valence-electron chi connectivity index (χ0n) is 6.56. The Morgan fingerprint density at radius 2 is 2.00 bits per heavy atom. The summed E-state index contributed by atoms with van der Waals surface area (Å²) in [5.41, 5.74) is 1.11. The van der Waals surface area contributed by atoms with E-state index in [0.29, 0.717) is 6.54 Å². The quantitative estimate of drug-likeness (QED) is 0.687. The molecule has 66 valence electrons. The summed E-state index contributed by atoms with van der Waals surface area (Å²) >= 11 is -1.75. The molecule has 3 nitrogen and oxygen atoms in total. The molecular weight excluding hydrogens is 174 g/mol. The third-order valence-electron chi connectivity index (χ3n) is 1.40. The summed E-state index contributed by atoms with van der Waals surface area (Å²) in [5, 5.41) is 2.85. The van der Waals surface area contributed by atoms with Gasteiger partial charge in [0.1, 0.15) is 0 Å². The van der Waals surface area contributed by atoms with E-state index in [0.717, 1.165) is 5.56 Å². The van der Waals surface area contributed by atoms with Crippen LogP contribution in [0.15, 0.2) is 30.3 Å². The van der Waals surface area contributed by atoms with Gasteiger partial charge in [0.25, 0.3) is 0 Å². The third-order valence-corrected chi connectivity index (χ3v) is 1.85. The van der Waals surface area contributed by atoms with E-state index in [1.165, 1.54) is 0 Å². The summed E-state index contributed by atoms with van der Waals surface area (Å²) in [6, 6.07) is 9.74. The van der Waals surface area contributed by atoms with E-state index in [1.807, 2.05) is 30.3 Å². The average molecular weight is 185 g/mol. The molecule has 1 aromatic rings. The van der Waals surface area contributed by atoms with Gasteiger partial charge in [0.05, 0.1) is 5.88 Å². The van der Waals surface area contributed by atoms with Crippen LogP contribution in [0, 0.1) is 0 Å². The monoisotopic (exact) mass is 185 g/mol. The van der Waals surface area contributed by atoms with Gasteiger partial charge < -0.3 is 4.55 Å². The molecule has 0 radical (unpaired) electrons. The van der Waals surface area contributed by atoms with E-state index in [1.54, 1.807) is 0 Å². The fourth-order valence-electron chi connectivity index (χ4n) is 0.879. The van der Waals surface area contributed by atoms with Crippen LogP contribution in [0.5, 0.6) is 0 Å². The molecule has 1 rings (SSSR count). The van der Waals surface area contributed by atoms with Crippen LogP contribution in [0.3, 0.4) is 0 Å². The maximum atomic E-state index is 10.2. The molecule has 0 aliphatic rings. The van der Waals surface area contributed by atoms with Crippen molar-refractivity contribution in [3.05, 3.63) is 35.9 Å². The molecule has 0 aliphatic heterocycles. The number of rotatable bonds is 4. The van der Waals surface area contributed by atoms with Gasteiger partial charge in [-0.3, -0.25) is 5.32 Å². The first kappa shape index (κ1) is 9.38. The fourth-order valence-corrected chi connectivity index (χ4v) is 1.16. The molecule has 0 amide bonds. The minimum Gasteiger partial charge on any atom is -0.305 e. The first-order chi connectivity index (χ1) is 5.79. The van der Waals surface area contributed by atoms with E-state index in [4.69, 9.17) is 4.55 Å². The Morgan fingerprint density at radius 1 is 1.33 bits per heavy atom. The maximum Gasteiger partial charge on any atom is 0.167 e. The summed E-state index contributed by atoms with van der Waals surface area (Å²) in [6.45, 7) is 0.632. The summed E-state index contributed by atoms with van der Waals surface area (Å²) in [4.78, 5) is 0. The van der Waals surface area contributed by atoms with Gasteiger partial charge in [-0.05, 0) is 5.56 Å². The highest BCUT2D eigenvalue weighted by atomic mass is 32.2. The van der Waals surface area contributed by atoms with Crippen LogP contribution in [-0.2, 0) is 17.6 Å². The second kappa shape index (κ2) is 5.03. The van der Waals surface area contributed by atoms with Gasteiger partial charge in [-0.2, -0.15) is 0 Å². The van der Waals surface area contributed by atoms with E-state index >= 15 is 0 Å². The second-order valence-electron chi connectivity index (χ2n) is 2.38. The maximum absolute atomic E-state index is 10.2. The standard InChI is InChI=1S/C8H11NO2S/c10-12(11)7-9-6-8-4-2-1-3-5-8/h1-5,9H,6-7H2,(H,10,11). The van der Waals surface area contributed by atoms with Gasteiger partial charge in [-0.15, -0.1) is 0 Å². The predicted molar refractivity (Wildman–Crippen MR) is 48.9 cm³/mol. The molecule has 12 heavy (non-hydrogen) atoms. The van der Waals surface area contributed by atoms with Gasteiger partial charge in [0.2, 0.25) is 0 Å². The number of hydrogen-bond acceptors (Lipinski definition) is 2. The van der Waals surface area contributed by atoms with Gasteiger partial charge in [0.15, 0.2) is 11.1 Å². The minimum absolute atomic E-state index is 0.120. The lowest BCUT2D eigenvalue weighted by Gasteiger charge is -2.00. The van der Waals surface area contributed by atoms with E-state index in [2.05, 4.69) is 5.32 Å². The summed E-state index contributed by atoms with van der Waals surface area (Å²) in [6.07, 6.45) is 0.